The highest BCUT2D eigenvalue weighted by Gasteiger charge is 2.21. The zero-order valence-corrected chi connectivity index (χ0v) is 15.9. The molecule has 0 spiro atoms. The van der Waals surface area contributed by atoms with Gasteiger partial charge in [0.25, 0.3) is 11.1 Å². The van der Waals surface area contributed by atoms with E-state index in [4.69, 9.17) is 4.42 Å². The van der Waals surface area contributed by atoms with Crippen molar-refractivity contribution < 1.29 is 14.9 Å². The van der Waals surface area contributed by atoms with Gasteiger partial charge in [-0.1, -0.05) is 30.0 Å². The van der Waals surface area contributed by atoms with Crippen LogP contribution in [0, 0.1) is 0 Å². The monoisotopic (exact) mass is 374 g/mol. The van der Waals surface area contributed by atoms with Gasteiger partial charge in [0.1, 0.15) is 0 Å². The summed E-state index contributed by atoms with van der Waals surface area (Å²) in [5.41, 5.74) is 6.43. The number of nitrogens with zero attached hydrogens (tertiary/aromatic N) is 3. The van der Waals surface area contributed by atoms with Crippen molar-refractivity contribution in [3.8, 4) is 0 Å². The summed E-state index contributed by atoms with van der Waals surface area (Å²) in [7, 11) is 0. The van der Waals surface area contributed by atoms with Gasteiger partial charge in [-0.3, -0.25) is 4.79 Å². The molecule has 0 fully saturated rings. The highest BCUT2D eigenvalue weighted by molar-refractivity contribution is 7.99. The number of thioether (sulfide) groups is 1. The standard InChI is InChI=1S/C18H23N5O2S/c1-3-23(4-2)16(24)11-26-18-22-21-17(25-18)14(19)9-12-10-20-15-8-6-5-7-13(12)15/h5-8,10,14,20H,3-4,9,11,19H2,1-2H3/p+1/t14-/m0/s1. The van der Waals surface area contributed by atoms with Crippen LogP contribution < -0.4 is 5.73 Å². The third-order valence-corrected chi connectivity index (χ3v) is 5.15. The molecule has 3 rings (SSSR count). The minimum absolute atomic E-state index is 0.0738. The summed E-state index contributed by atoms with van der Waals surface area (Å²) in [4.78, 5) is 17.1. The Morgan fingerprint density at radius 3 is 2.85 bits per heavy atom. The molecule has 0 aliphatic carbocycles. The molecule has 8 heteroatoms. The number of nitrogens with one attached hydrogen (secondary N) is 1. The van der Waals surface area contributed by atoms with Crippen molar-refractivity contribution in [2.24, 2.45) is 0 Å². The average Bonchev–Trinajstić information content (AvgIpc) is 3.29. The molecule has 0 saturated heterocycles. The number of quaternary nitrogens is 1. The van der Waals surface area contributed by atoms with Crippen LogP contribution in [0.2, 0.25) is 0 Å². The van der Waals surface area contributed by atoms with Crippen LogP contribution in [0.3, 0.4) is 0 Å². The van der Waals surface area contributed by atoms with Crippen LogP contribution in [-0.4, -0.2) is 44.8 Å². The van der Waals surface area contributed by atoms with Crippen molar-refractivity contribution in [2.45, 2.75) is 31.5 Å². The van der Waals surface area contributed by atoms with Crippen molar-refractivity contribution in [3.05, 3.63) is 41.9 Å². The van der Waals surface area contributed by atoms with Gasteiger partial charge in [-0.15, -0.1) is 10.2 Å². The van der Waals surface area contributed by atoms with Gasteiger partial charge >= 0.3 is 0 Å². The fraction of sp³-hybridized carbons (Fsp3) is 0.389. The van der Waals surface area contributed by atoms with E-state index in [0.717, 1.165) is 5.52 Å². The first-order valence-electron chi connectivity index (χ1n) is 8.74. The summed E-state index contributed by atoms with van der Waals surface area (Å²) in [5.74, 6) is 0.867. The van der Waals surface area contributed by atoms with E-state index < -0.39 is 0 Å². The van der Waals surface area contributed by atoms with Crippen LogP contribution in [0.4, 0.5) is 0 Å². The first-order valence-corrected chi connectivity index (χ1v) is 9.73. The number of hydrogen-bond donors (Lipinski definition) is 2. The molecule has 1 amide bonds. The van der Waals surface area contributed by atoms with Gasteiger partial charge in [-0.05, 0) is 25.5 Å². The lowest BCUT2D eigenvalue weighted by Gasteiger charge is -2.17. The SMILES string of the molecule is CCN(CC)C(=O)CSc1nnc([C@@H]([NH3+])Cc2c[nH]c3ccccc23)o1. The maximum absolute atomic E-state index is 12.1. The van der Waals surface area contributed by atoms with Crippen molar-refractivity contribution in [1.29, 1.82) is 0 Å². The molecular weight excluding hydrogens is 350 g/mol. The molecule has 2 aromatic heterocycles. The number of carbonyl (C=O) groups excluding carboxylic acids is 1. The van der Waals surface area contributed by atoms with Crippen LogP contribution in [0.25, 0.3) is 10.9 Å². The lowest BCUT2D eigenvalue weighted by Crippen LogP contribution is -2.54. The number of benzene rings is 1. The molecule has 1 atom stereocenters. The average molecular weight is 374 g/mol. The van der Waals surface area contributed by atoms with Crippen molar-refractivity contribution >= 4 is 28.6 Å². The first kappa shape index (κ1) is 18.5. The Kier molecular flexibility index (Phi) is 5.95. The number of hydrogen-bond acceptors (Lipinski definition) is 5. The van der Waals surface area contributed by atoms with E-state index >= 15 is 0 Å². The number of fused-ring (bicyclic) bond motifs is 1. The minimum Gasteiger partial charge on any atom is -0.410 e. The van der Waals surface area contributed by atoms with Gasteiger partial charge in [-0.25, -0.2) is 0 Å². The number of rotatable bonds is 8. The zero-order chi connectivity index (χ0) is 18.5. The number of para-hydroxylation sites is 1. The van der Waals surface area contributed by atoms with Gasteiger partial charge in [-0.2, -0.15) is 0 Å². The predicted molar refractivity (Wildman–Crippen MR) is 101 cm³/mol. The summed E-state index contributed by atoms with van der Waals surface area (Å²) in [6.07, 6.45) is 2.70. The van der Waals surface area contributed by atoms with Gasteiger partial charge < -0.3 is 20.0 Å². The highest BCUT2D eigenvalue weighted by Crippen LogP contribution is 2.24. The molecule has 0 aliphatic rings. The van der Waals surface area contributed by atoms with Crippen LogP contribution in [-0.2, 0) is 11.2 Å². The van der Waals surface area contributed by atoms with E-state index in [0.29, 0.717) is 36.4 Å². The second kappa shape index (κ2) is 8.37. The second-order valence-electron chi connectivity index (χ2n) is 6.02. The molecule has 0 radical (unpaired) electrons. The fourth-order valence-corrected chi connectivity index (χ4v) is 3.56. The van der Waals surface area contributed by atoms with E-state index in [-0.39, 0.29) is 11.9 Å². The number of aromatic nitrogens is 3. The molecule has 7 nitrogen and oxygen atoms in total. The zero-order valence-electron chi connectivity index (χ0n) is 15.1. The normalized spacial score (nSPS) is 12.4. The molecule has 3 aromatic rings. The maximum Gasteiger partial charge on any atom is 0.277 e. The molecule has 26 heavy (non-hydrogen) atoms. The Morgan fingerprint density at radius 1 is 1.31 bits per heavy atom. The summed E-state index contributed by atoms with van der Waals surface area (Å²) < 4.78 is 5.70. The molecule has 1 aromatic carbocycles. The lowest BCUT2D eigenvalue weighted by atomic mass is 10.1. The van der Waals surface area contributed by atoms with Gasteiger partial charge in [0.15, 0.2) is 6.04 Å². The molecular formula is C18H24N5O2S+. The van der Waals surface area contributed by atoms with Crippen LogP contribution in [0.15, 0.2) is 40.1 Å². The summed E-state index contributed by atoms with van der Waals surface area (Å²) in [5, 5.41) is 9.74. The third kappa shape index (κ3) is 4.08. The van der Waals surface area contributed by atoms with E-state index in [2.05, 4.69) is 27.0 Å². The second-order valence-corrected chi connectivity index (χ2v) is 6.95. The van der Waals surface area contributed by atoms with E-state index in [9.17, 15) is 4.79 Å². The van der Waals surface area contributed by atoms with Gasteiger partial charge in [0.2, 0.25) is 5.91 Å². The maximum atomic E-state index is 12.1. The molecule has 0 saturated carbocycles. The Hall–Kier alpha value is -2.32. The Balaban J connectivity index is 1.61. The Bertz CT molecular complexity index is 871. The van der Waals surface area contributed by atoms with E-state index in [1.807, 2.05) is 38.2 Å². The molecule has 4 N–H and O–H groups in total. The topological polar surface area (TPSA) is 103 Å². The van der Waals surface area contributed by atoms with E-state index in [1.54, 1.807) is 4.90 Å². The van der Waals surface area contributed by atoms with E-state index in [1.165, 1.54) is 22.7 Å². The Labute approximate surface area is 156 Å². The molecule has 0 bridgehead atoms. The van der Waals surface area contributed by atoms with Crippen LogP contribution >= 0.6 is 11.8 Å². The third-order valence-electron chi connectivity index (χ3n) is 4.35. The summed E-state index contributed by atoms with van der Waals surface area (Å²) >= 11 is 1.27. The minimum atomic E-state index is -0.144. The summed E-state index contributed by atoms with van der Waals surface area (Å²) in [6, 6.07) is 8.01. The van der Waals surface area contributed by atoms with Gasteiger partial charge in [0, 0.05) is 36.6 Å². The molecule has 2 heterocycles. The van der Waals surface area contributed by atoms with Crippen LogP contribution in [0.1, 0.15) is 31.3 Å². The largest absolute Gasteiger partial charge is 0.410 e. The quantitative estimate of drug-likeness (QED) is 0.587. The highest BCUT2D eigenvalue weighted by atomic mass is 32.2. The molecule has 138 valence electrons. The predicted octanol–water partition coefficient (Wildman–Crippen LogP) is 2.04. The number of carbonyl (C=O) groups is 1. The first-order chi connectivity index (χ1) is 12.6. The summed E-state index contributed by atoms with van der Waals surface area (Å²) in [6.45, 7) is 5.34. The number of amides is 1. The van der Waals surface area contributed by atoms with Gasteiger partial charge in [0.05, 0.1) is 5.75 Å². The van der Waals surface area contributed by atoms with Crippen molar-refractivity contribution in [2.75, 3.05) is 18.8 Å². The number of H-pyrrole nitrogens is 1. The molecule has 0 aliphatic heterocycles. The van der Waals surface area contributed by atoms with Crippen molar-refractivity contribution in [3.63, 3.8) is 0 Å². The smallest absolute Gasteiger partial charge is 0.277 e. The number of aromatic amines is 1. The Morgan fingerprint density at radius 2 is 2.08 bits per heavy atom. The van der Waals surface area contributed by atoms with Crippen LogP contribution in [0.5, 0.6) is 0 Å². The fourth-order valence-electron chi connectivity index (χ4n) is 2.89. The lowest BCUT2D eigenvalue weighted by molar-refractivity contribution is -0.431. The molecule has 0 unspecified atom stereocenters. The van der Waals surface area contributed by atoms with Crippen molar-refractivity contribution in [1.82, 2.24) is 20.1 Å².